The number of piperidine rings is 1. The molecule has 1 rings (SSSR count). The SMILES string of the molecule is CNC(=O)[C@@H](C)NC(=O)[C@@H]1CCCN(C(=O)C(C)(C)C)C1. The zero-order valence-corrected chi connectivity index (χ0v) is 13.7. The van der Waals surface area contributed by atoms with E-state index in [2.05, 4.69) is 10.6 Å². The normalized spacial score (nSPS) is 20.6. The van der Waals surface area contributed by atoms with E-state index < -0.39 is 11.5 Å². The maximum atomic E-state index is 12.3. The average Bonchev–Trinajstić information content (AvgIpc) is 2.44. The summed E-state index contributed by atoms with van der Waals surface area (Å²) >= 11 is 0. The van der Waals surface area contributed by atoms with Crippen LogP contribution in [0.4, 0.5) is 0 Å². The van der Waals surface area contributed by atoms with Crippen molar-refractivity contribution < 1.29 is 14.4 Å². The fourth-order valence-corrected chi connectivity index (χ4v) is 2.46. The summed E-state index contributed by atoms with van der Waals surface area (Å²) < 4.78 is 0. The Morgan fingerprint density at radius 3 is 2.38 bits per heavy atom. The Hall–Kier alpha value is -1.59. The van der Waals surface area contributed by atoms with Crippen LogP contribution < -0.4 is 10.6 Å². The molecule has 1 aliphatic heterocycles. The van der Waals surface area contributed by atoms with Gasteiger partial charge in [0.15, 0.2) is 0 Å². The van der Waals surface area contributed by atoms with Gasteiger partial charge in [-0.2, -0.15) is 0 Å². The Bertz CT molecular complexity index is 415. The predicted octanol–water partition coefficient (Wildman–Crippen LogP) is 0.522. The molecule has 0 radical (unpaired) electrons. The highest BCUT2D eigenvalue weighted by Crippen LogP contribution is 2.23. The zero-order valence-electron chi connectivity index (χ0n) is 13.7. The fourth-order valence-electron chi connectivity index (χ4n) is 2.46. The largest absolute Gasteiger partial charge is 0.357 e. The highest BCUT2D eigenvalue weighted by atomic mass is 16.2. The van der Waals surface area contributed by atoms with Crippen LogP contribution in [0.1, 0.15) is 40.5 Å². The highest BCUT2D eigenvalue weighted by molar-refractivity contribution is 5.88. The van der Waals surface area contributed by atoms with E-state index in [0.29, 0.717) is 13.1 Å². The van der Waals surface area contributed by atoms with Crippen molar-refractivity contribution in [1.29, 1.82) is 0 Å². The second-order valence-corrected chi connectivity index (χ2v) is 6.68. The lowest BCUT2D eigenvalue weighted by molar-refractivity contribution is -0.143. The number of hydrogen-bond acceptors (Lipinski definition) is 3. The maximum Gasteiger partial charge on any atom is 0.242 e. The first kappa shape index (κ1) is 17.5. The molecule has 0 spiro atoms. The number of nitrogens with zero attached hydrogens (tertiary/aromatic N) is 1. The second kappa shape index (κ2) is 6.91. The van der Waals surface area contributed by atoms with Crippen LogP contribution in [0.5, 0.6) is 0 Å². The number of hydrogen-bond donors (Lipinski definition) is 2. The standard InChI is InChI=1S/C15H27N3O3/c1-10(12(19)16-5)17-13(20)11-7-6-8-18(9-11)14(21)15(2,3)4/h10-11H,6-9H2,1-5H3,(H,16,19)(H,17,20)/t10-,11-/m1/s1. The van der Waals surface area contributed by atoms with Gasteiger partial charge < -0.3 is 15.5 Å². The molecule has 0 aromatic rings. The van der Waals surface area contributed by atoms with E-state index in [4.69, 9.17) is 0 Å². The average molecular weight is 297 g/mol. The first-order valence-corrected chi connectivity index (χ1v) is 7.48. The molecule has 0 aromatic heterocycles. The summed E-state index contributed by atoms with van der Waals surface area (Å²) in [6.45, 7) is 8.43. The van der Waals surface area contributed by atoms with Crippen molar-refractivity contribution in [2.24, 2.45) is 11.3 Å². The lowest BCUT2D eigenvalue weighted by atomic mass is 9.91. The van der Waals surface area contributed by atoms with Crippen molar-refractivity contribution in [1.82, 2.24) is 15.5 Å². The number of amides is 3. The van der Waals surface area contributed by atoms with Crippen LogP contribution >= 0.6 is 0 Å². The molecule has 1 saturated heterocycles. The van der Waals surface area contributed by atoms with E-state index in [1.807, 2.05) is 20.8 Å². The monoisotopic (exact) mass is 297 g/mol. The van der Waals surface area contributed by atoms with Gasteiger partial charge in [-0.15, -0.1) is 0 Å². The lowest BCUT2D eigenvalue weighted by Gasteiger charge is -2.36. The molecule has 0 unspecified atom stereocenters. The third-order valence-corrected chi connectivity index (χ3v) is 3.72. The molecule has 21 heavy (non-hydrogen) atoms. The first-order valence-electron chi connectivity index (χ1n) is 7.48. The summed E-state index contributed by atoms with van der Waals surface area (Å²) in [5, 5.41) is 5.21. The smallest absolute Gasteiger partial charge is 0.242 e. The van der Waals surface area contributed by atoms with Gasteiger partial charge in [0.05, 0.1) is 5.92 Å². The third kappa shape index (κ3) is 4.72. The van der Waals surface area contributed by atoms with E-state index in [0.717, 1.165) is 12.8 Å². The van der Waals surface area contributed by atoms with Gasteiger partial charge in [-0.05, 0) is 19.8 Å². The molecule has 0 saturated carbocycles. The number of carbonyl (C=O) groups excluding carboxylic acids is 3. The van der Waals surface area contributed by atoms with Crippen LogP contribution in [-0.2, 0) is 14.4 Å². The molecule has 0 aliphatic carbocycles. The predicted molar refractivity (Wildman–Crippen MR) is 80.4 cm³/mol. The third-order valence-electron chi connectivity index (χ3n) is 3.72. The zero-order chi connectivity index (χ0) is 16.2. The Morgan fingerprint density at radius 2 is 1.86 bits per heavy atom. The Kier molecular flexibility index (Phi) is 5.75. The Balaban J connectivity index is 2.62. The van der Waals surface area contributed by atoms with E-state index in [-0.39, 0.29) is 23.6 Å². The van der Waals surface area contributed by atoms with Gasteiger partial charge in [0.25, 0.3) is 0 Å². The van der Waals surface area contributed by atoms with E-state index in [9.17, 15) is 14.4 Å². The van der Waals surface area contributed by atoms with Crippen LogP contribution in [0, 0.1) is 11.3 Å². The number of likely N-dealkylation sites (N-methyl/N-ethyl adjacent to an activating group) is 1. The van der Waals surface area contributed by atoms with Gasteiger partial charge in [-0.1, -0.05) is 20.8 Å². The molecule has 6 heteroatoms. The molecular formula is C15H27N3O3. The summed E-state index contributed by atoms with van der Waals surface area (Å²) in [6.07, 6.45) is 1.56. The molecule has 1 heterocycles. The second-order valence-electron chi connectivity index (χ2n) is 6.68. The quantitative estimate of drug-likeness (QED) is 0.797. The minimum Gasteiger partial charge on any atom is -0.357 e. The minimum absolute atomic E-state index is 0.0688. The van der Waals surface area contributed by atoms with Crippen LogP contribution in [-0.4, -0.2) is 48.8 Å². The topological polar surface area (TPSA) is 78.5 Å². The molecule has 1 fully saturated rings. The molecular weight excluding hydrogens is 270 g/mol. The summed E-state index contributed by atoms with van der Waals surface area (Å²) in [7, 11) is 1.54. The summed E-state index contributed by atoms with van der Waals surface area (Å²) in [5.41, 5.74) is -0.437. The van der Waals surface area contributed by atoms with Gasteiger partial charge in [-0.25, -0.2) is 0 Å². The number of likely N-dealkylation sites (tertiary alicyclic amines) is 1. The van der Waals surface area contributed by atoms with Gasteiger partial charge in [0, 0.05) is 25.6 Å². The van der Waals surface area contributed by atoms with E-state index in [1.54, 1.807) is 11.8 Å². The van der Waals surface area contributed by atoms with Crippen molar-refractivity contribution >= 4 is 17.7 Å². The van der Waals surface area contributed by atoms with Gasteiger partial charge in [0.2, 0.25) is 17.7 Å². The Morgan fingerprint density at radius 1 is 1.24 bits per heavy atom. The molecule has 0 bridgehead atoms. The summed E-state index contributed by atoms with van der Waals surface area (Å²) in [6, 6.07) is -0.559. The van der Waals surface area contributed by atoms with Crippen molar-refractivity contribution in [3.05, 3.63) is 0 Å². The first-order chi connectivity index (χ1) is 9.66. The molecule has 120 valence electrons. The van der Waals surface area contributed by atoms with Crippen LogP contribution in [0.2, 0.25) is 0 Å². The van der Waals surface area contributed by atoms with Crippen molar-refractivity contribution in [3.8, 4) is 0 Å². The van der Waals surface area contributed by atoms with Crippen molar-refractivity contribution in [2.45, 2.75) is 46.6 Å². The number of rotatable bonds is 3. The Labute approximate surface area is 126 Å². The molecule has 1 aliphatic rings. The van der Waals surface area contributed by atoms with Crippen LogP contribution in [0.25, 0.3) is 0 Å². The maximum absolute atomic E-state index is 12.3. The van der Waals surface area contributed by atoms with Crippen molar-refractivity contribution in [2.75, 3.05) is 20.1 Å². The fraction of sp³-hybridized carbons (Fsp3) is 0.800. The van der Waals surface area contributed by atoms with Gasteiger partial charge in [-0.3, -0.25) is 14.4 Å². The van der Waals surface area contributed by atoms with Crippen LogP contribution in [0.3, 0.4) is 0 Å². The van der Waals surface area contributed by atoms with Gasteiger partial charge >= 0.3 is 0 Å². The number of nitrogens with one attached hydrogen (secondary N) is 2. The van der Waals surface area contributed by atoms with Gasteiger partial charge in [0.1, 0.15) is 6.04 Å². The number of carbonyl (C=O) groups is 3. The summed E-state index contributed by atoms with van der Waals surface area (Å²) in [5.74, 6) is -0.546. The molecule has 0 aromatic carbocycles. The minimum atomic E-state index is -0.559. The molecule has 2 N–H and O–H groups in total. The van der Waals surface area contributed by atoms with E-state index in [1.165, 1.54) is 7.05 Å². The lowest BCUT2D eigenvalue weighted by Crippen LogP contribution is -2.51. The molecule has 3 amide bonds. The highest BCUT2D eigenvalue weighted by Gasteiger charge is 2.33. The van der Waals surface area contributed by atoms with Crippen LogP contribution in [0.15, 0.2) is 0 Å². The summed E-state index contributed by atoms with van der Waals surface area (Å²) in [4.78, 5) is 37.7. The van der Waals surface area contributed by atoms with E-state index >= 15 is 0 Å². The molecule has 2 atom stereocenters. The molecule has 6 nitrogen and oxygen atoms in total. The van der Waals surface area contributed by atoms with Crippen molar-refractivity contribution in [3.63, 3.8) is 0 Å².